The number of aldehydes is 1. The van der Waals surface area contributed by atoms with Crippen molar-refractivity contribution in [2.45, 2.75) is 44.5 Å². The van der Waals surface area contributed by atoms with Crippen LogP contribution < -0.4 is 16.0 Å². The third-order valence-electron chi connectivity index (χ3n) is 5.08. The monoisotopic (exact) mass is 414 g/mol. The van der Waals surface area contributed by atoms with Crippen molar-refractivity contribution in [1.29, 1.82) is 0 Å². The van der Waals surface area contributed by atoms with Crippen molar-refractivity contribution in [3.63, 3.8) is 0 Å². The Morgan fingerprint density at radius 2 is 2.17 bits per heavy atom. The first-order valence-electron chi connectivity index (χ1n) is 9.91. The quantitative estimate of drug-likeness (QED) is 0.326. The molecule has 1 unspecified atom stereocenters. The molecule has 1 fully saturated rings. The third-order valence-corrected chi connectivity index (χ3v) is 5.08. The first kappa shape index (κ1) is 21.7. The van der Waals surface area contributed by atoms with Crippen molar-refractivity contribution < 1.29 is 24.0 Å². The Morgan fingerprint density at radius 1 is 1.40 bits per heavy atom. The van der Waals surface area contributed by atoms with E-state index < -0.39 is 24.2 Å². The maximum absolute atomic E-state index is 13.0. The van der Waals surface area contributed by atoms with Crippen LogP contribution in [0.2, 0.25) is 0 Å². The maximum atomic E-state index is 13.0. The summed E-state index contributed by atoms with van der Waals surface area (Å²) in [4.78, 5) is 36.3. The largest absolute Gasteiger partial charge is 0.372 e. The molecule has 0 radical (unpaired) electrons. The van der Waals surface area contributed by atoms with Gasteiger partial charge >= 0.3 is 0 Å². The molecule has 30 heavy (non-hydrogen) atoms. The first-order valence-corrected chi connectivity index (χ1v) is 9.91. The second kappa shape index (κ2) is 10.1. The number of aliphatic hydroxyl groups excluding tert-OH is 1. The van der Waals surface area contributed by atoms with Crippen LogP contribution in [0.3, 0.4) is 0 Å². The molecule has 1 aliphatic heterocycles. The van der Waals surface area contributed by atoms with E-state index in [0.29, 0.717) is 25.0 Å². The number of rotatable bonds is 10. The van der Waals surface area contributed by atoms with Gasteiger partial charge in [0, 0.05) is 18.5 Å². The zero-order valence-corrected chi connectivity index (χ0v) is 16.7. The molecule has 1 aromatic heterocycles. The molecule has 2 aromatic rings. The highest BCUT2D eigenvalue weighted by Gasteiger charge is 2.30. The fraction of sp³-hybridized carbons (Fsp3) is 0.429. The number of hydrogen-bond donors (Lipinski definition) is 4. The number of nitrogens with one attached hydrogen (secondary N) is 3. The highest BCUT2D eigenvalue weighted by molar-refractivity contribution is 5.85. The van der Waals surface area contributed by atoms with E-state index in [4.69, 9.17) is 4.52 Å². The van der Waals surface area contributed by atoms with Crippen LogP contribution in [0.4, 0.5) is 0 Å². The molecular formula is C21H26N4O5. The smallest absolute Gasteiger partial charge is 0.238 e. The molecule has 2 heterocycles. The number of hydrogen-bond acceptors (Lipinski definition) is 7. The summed E-state index contributed by atoms with van der Waals surface area (Å²) >= 11 is 0. The SMILES string of the molecule is Cc1cc(C(O)N[C@@H](Cc2ccccc2)C(=O)N[C@H](C=O)C[C@@H]2CCNC2=O)no1. The zero-order chi connectivity index (χ0) is 21.5. The van der Waals surface area contributed by atoms with Crippen LogP contribution in [0.1, 0.15) is 36.1 Å². The van der Waals surface area contributed by atoms with Gasteiger partial charge in [0.1, 0.15) is 17.7 Å². The molecule has 0 spiro atoms. The number of amides is 2. The van der Waals surface area contributed by atoms with Crippen LogP contribution >= 0.6 is 0 Å². The van der Waals surface area contributed by atoms with E-state index >= 15 is 0 Å². The van der Waals surface area contributed by atoms with E-state index in [9.17, 15) is 19.5 Å². The van der Waals surface area contributed by atoms with Gasteiger partial charge in [-0.1, -0.05) is 35.5 Å². The summed E-state index contributed by atoms with van der Waals surface area (Å²) in [5.74, 6) is -0.323. The Labute approximate surface area is 174 Å². The number of aromatic nitrogens is 1. The Bertz CT molecular complexity index is 869. The molecule has 0 saturated carbocycles. The van der Waals surface area contributed by atoms with E-state index in [0.717, 1.165) is 5.56 Å². The normalized spacial score (nSPS) is 19.0. The summed E-state index contributed by atoms with van der Waals surface area (Å²) in [6.07, 6.45) is 0.576. The number of benzene rings is 1. The molecule has 9 heteroatoms. The standard InChI is InChI=1S/C21H26N4O5/c1-13-9-18(25-30-13)21(29)24-17(10-14-5-3-2-4-6-14)20(28)23-16(12-26)11-15-7-8-22-19(15)27/h2-6,9,12,15-17,21,24,29H,7-8,10-11H2,1H3,(H,22,27)(H,23,28)/t15-,16-,17-,21?/m0/s1. The summed E-state index contributed by atoms with van der Waals surface area (Å²) in [5, 5.41) is 22.5. The molecular weight excluding hydrogens is 388 g/mol. The number of nitrogens with zero attached hydrogens (tertiary/aromatic N) is 1. The van der Waals surface area contributed by atoms with E-state index in [1.54, 1.807) is 13.0 Å². The van der Waals surface area contributed by atoms with Crippen LogP contribution in [0, 0.1) is 12.8 Å². The first-order chi connectivity index (χ1) is 14.5. The van der Waals surface area contributed by atoms with Gasteiger partial charge in [-0.2, -0.15) is 0 Å². The van der Waals surface area contributed by atoms with Gasteiger partial charge in [-0.05, 0) is 31.7 Å². The van der Waals surface area contributed by atoms with Gasteiger partial charge in [0.15, 0.2) is 6.23 Å². The topological polar surface area (TPSA) is 134 Å². The fourth-order valence-corrected chi connectivity index (χ4v) is 3.48. The molecule has 1 saturated heterocycles. The second-order valence-corrected chi connectivity index (χ2v) is 7.44. The molecule has 1 aliphatic rings. The van der Waals surface area contributed by atoms with Crippen molar-refractivity contribution in [2.24, 2.45) is 5.92 Å². The minimum absolute atomic E-state index is 0.105. The molecule has 4 N–H and O–H groups in total. The van der Waals surface area contributed by atoms with Crippen LogP contribution in [0.5, 0.6) is 0 Å². The van der Waals surface area contributed by atoms with E-state index in [-0.39, 0.29) is 30.4 Å². The number of aryl methyl sites for hydroxylation is 1. The summed E-state index contributed by atoms with van der Waals surface area (Å²) in [6.45, 7) is 2.27. The summed E-state index contributed by atoms with van der Waals surface area (Å²) in [5.41, 5.74) is 1.14. The van der Waals surface area contributed by atoms with E-state index in [1.807, 2.05) is 30.3 Å². The Morgan fingerprint density at radius 3 is 2.77 bits per heavy atom. The van der Waals surface area contributed by atoms with Crippen molar-refractivity contribution in [3.8, 4) is 0 Å². The highest BCUT2D eigenvalue weighted by atomic mass is 16.5. The molecule has 2 amide bonds. The number of aliphatic hydroxyl groups is 1. The average Bonchev–Trinajstić information content (AvgIpc) is 3.35. The van der Waals surface area contributed by atoms with Gasteiger partial charge in [0.2, 0.25) is 11.8 Å². The molecule has 160 valence electrons. The van der Waals surface area contributed by atoms with Crippen LogP contribution in [0.15, 0.2) is 40.9 Å². The molecule has 3 rings (SSSR count). The summed E-state index contributed by atoms with van der Waals surface area (Å²) < 4.78 is 4.98. The van der Waals surface area contributed by atoms with Crippen LogP contribution in [0.25, 0.3) is 0 Å². The van der Waals surface area contributed by atoms with Crippen molar-refractivity contribution in [3.05, 3.63) is 53.4 Å². The van der Waals surface area contributed by atoms with Crippen LogP contribution in [-0.2, 0) is 20.8 Å². The Balaban J connectivity index is 1.69. The van der Waals surface area contributed by atoms with Crippen molar-refractivity contribution >= 4 is 18.1 Å². The lowest BCUT2D eigenvalue weighted by atomic mass is 9.98. The molecule has 1 aromatic carbocycles. The summed E-state index contributed by atoms with van der Waals surface area (Å²) in [6, 6.07) is 9.26. The van der Waals surface area contributed by atoms with E-state index in [1.165, 1.54) is 0 Å². The minimum atomic E-state index is -1.22. The van der Waals surface area contributed by atoms with Crippen molar-refractivity contribution in [2.75, 3.05) is 6.54 Å². The summed E-state index contributed by atoms with van der Waals surface area (Å²) in [7, 11) is 0. The van der Waals surface area contributed by atoms with Gasteiger partial charge < -0.3 is 25.1 Å². The maximum Gasteiger partial charge on any atom is 0.238 e. The Hall–Kier alpha value is -3.04. The average molecular weight is 414 g/mol. The lowest BCUT2D eigenvalue weighted by Gasteiger charge is -2.23. The second-order valence-electron chi connectivity index (χ2n) is 7.44. The van der Waals surface area contributed by atoms with Crippen molar-refractivity contribution in [1.82, 2.24) is 21.1 Å². The lowest BCUT2D eigenvalue weighted by molar-refractivity contribution is -0.128. The van der Waals surface area contributed by atoms with Gasteiger partial charge in [-0.3, -0.25) is 14.9 Å². The fourth-order valence-electron chi connectivity index (χ4n) is 3.48. The molecule has 0 bridgehead atoms. The van der Waals surface area contributed by atoms with E-state index in [2.05, 4.69) is 21.1 Å². The molecule has 9 nitrogen and oxygen atoms in total. The molecule has 4 atom stereocenters. The van der Waals surface area contributed by atoms with Gasteiger partial charge in [-0.25, -0.2) is 0 Å². The lowest BCUT2D eigenvalue weighted by Crippen LogP contribution is -2.50. The Kier molecular flexibility index (Phi) is 7.31. The van der Waals surface area contributed by atoms with Crippen LogP contribution in [-0.4, -0.2) is 47.0 Å². The predicted octanol–water partition coefficient (Wildman–Crippen LogP) is 0.385. The predicted molar refractivity (Wildman–Crippen MR) is 107 cm³/mol. The zero-order valence-electron chi connectivity index (χ0n) is 16.7. The van der Waals surface area contributed by atoms with Gasteiger partial charge in [0.05, 0.1) is 12.1 Å². The van der Waals surface area contributed by atoms with Gasteiger partial charge in [0.25, 0.3) is 0 Å². The number of carbonyl (C=O) groups is 3. The minimum Gasteiger partial charge on any atom is -0.372 e. The number of carbonyl (C=O) groups excluding carboxylic acids is 3. The molecule has 0 aliphatic carbocycles. The highest BCUT2D eigenvalue weighted by Crippen LogP contribution is 2.16. The third kappa shape index (κ3) is 5.74. The van der Waals surface area contributed by atoms with Gasteiger partial charge in [-0.15, -0.1) is 0 Å².